The summed E-state index contributed by atoms with van der Waals surface area (Å²) < 4.78 is 2.34. The number of aromatic nitrogens is 2. The van der Waals surface area contributed by atoms with E-state index in [1.165, 1.54) is 11.3 Å². The van der Waals surface area contributed by atoms with Crippen molar-refractivity contribution in [2.45, 2.75) is 19.2 Å². The first kappa shape index (κ1) is 24.1. The zero-order valence-corrected chi connectivity index (χ0v) is 20.4. The monoisotopic (exact) mass is 496 g/mol. The zero-order chi connectivity index (χ0) is 24.2. The van der Waals surface area contributed by atoms with Crippen molar-refractivity contribution in [1.82, 2.24) is 19.8 Å². The van der Waals surface area contributed by atoms with Crippen LogP contribution in [0.4, 0.5) is 0 Å². The molecule has 0 unspecified atom stereocenters. The predicted molar refractivity (Wildman–Crippen MR) is 135 cm³/mol. The van der Waals surface area contributed by atoms with Crippen molar-refractivity contribution in [2.24, 2.45) is 7.05 Å². The Hall–Kier alpha value is -3.04. The lowest BCUT2D eigenvalue weighted by Crippen LogP contribution is -2.29. The molecule has 34 heavy (non-hydrogen) atoms. The van der Waals surface area contributed by atoms with E-state index in [1.807, 2.05) is 49.3 Å². The molecular weight excluding hydrogens is 472 g/mol. The van der Waals surface area contributed by atoms with E-state index in [2.05, 4.69) is 10.3 Å². The first-order valence-electron chi connectivity index (χ1n) is 10.7. The average molecular weight is 497 g/mol. The van der Waals surface area contributed by atoms with E-state index in [1.54, 1.807) is 35.2 Å². The number of aliphatic hydroxyl groups excluding tert-OH is 1. The summed E-state index contributed by atoms with van der Waals surface area (Å²) in [5, 5.41) is 13.9. The van der Waals surface area contributed by atoms with Gasteiger partial charge < -0.3 is 15.0 Å². The number of fused-ring (bicyclic) bond motifs is 1. The molecule has 4 rings (SSSR count). The minimum absolute atomic E-state index is 0.108. The van der Waals surface area contributed by atoms with Crippen LogP contribution >= 0.6 is 22.9 Å². The largest absolute Gasteiger partial charge is 0.385 e. The molecule has 3 aromatic heterocycles. The van der Waals surface area contributed by atoms with Crippen LogP contribution < -0.4 is 10.7 Å². The third-order valence-electron chi connectivity index (χ3n) is 5.47. The molecule has 0 saturated carbocycles. The standard InChI is InChI=1S/C25H25ClN4O3S/c1-29(15-22(31)20-5-3-4-10-27-20)13-18-11-21-24(34-18)23(32)19(14-30(21)2)25(33)28-12-16-6-8-17(26)9-7-16/h3-11,14,22,31H,12-13,15H2,1-2H3,(H,28,33)/t22-/m1/s1. The third kappa shape index (κ3) is 5.53. The van der Waals surface area contributed by atoms with Gasteiger partial charge in [-0.3, -0.25) is 19.5 Å². The lowest BCUT2D eigenvalue weighted by atomic mass is 10.2. The van der Waals surface area contributed by atoms with Crippen molar-refractivity contribution >= 4 is 39.1 Å². The zero-order valence-electron chi connectivity index (χ0n) is 18.9. The highest BCUT2D eigenvalue weighted by atomic mass is 35.5. The quantitative estimate of drug-likeness (QED) is 0.388. The fourth-order valence-corrected chi connectivity index (χ4v) is 5.07. The fourth-order valence-electron chi connectivity index (χ4n) is 3.71. The molecule has 2 N–H and O–H groups in total. The van der Waals surface area contributed by atoms with Crippen molar-refractivity contribution in [1.29, 1.82) is 0 Å². The minimum Gasteiger partial charge on any atom is -0.385 e. The number of nitrogens with one attached hydrogen (secondary N) is 1. The molecule has 0 spiro atoms. The Bertz CT molecular complexity index is 1350. The van der Waals surface area contributed by atoms with E-state index in [-0.39, 0.29) is 11.0 Å². The topological polar surface area (TPSA) is 87.5 Å². The lowest BCUT2D eigenvalue weighted by molar-refractivity contribution is 0.0949. The maximum absolute atomic E-state index is 13.1. The number of thiophene rings is 1. The van der Waals surface area contributed by atoms with E-state index in [4.69, 9.17) is 11.6 Å². The number of aryl methyl sites for hydroxylation is 1. The van der Waals surface area contributed by atoms with Crippen LogP contribution in [0.15, 0.2) is 65.7 Å². The van der Waals surface area contributed by atoms with E-state index >= 15 is 0 Å². The van der Waals surface area contributed by atoms with Crippen LogP contribution in [-0.2, 0) is 20.1 Å². The number of pyridine rings is 2. The van der Waals surface area contributed by atoms with Crippen LogP contribution in [0.5, 0.6) is 0 Å². The molecule has 0 aliphatic rings. The second-order valence-corrected chi connectivity index (χ2v) is 9.76. The van der Waals surface area contributed by atoms with Crippen LogP contribution in [0, 0.1) is 0 Å². The van der Waals surface area contributed by atoms with Gasteiger partial charge in [-0.1, -0.05) is 29.8 Å². The lowest BCUT2D eigenvalue weighted by Gasteiger charge is -2.19. The number of rotatable bonds is 8. The first-order valence-corrected chi connectivity index (χ1v) is 11.9. The van der Waals surface area contributed by atoms with Gasteiger partial charge in [-0.2, -0.15) is 0 Å². The van der Waals surface area contributed by atoms with E-state index < -0.39 is 12.0 Å². The number of halogens is 1. The van der Waals surface area contributed by atoms with Gasteiger partial charge in [-0.05, 0) is 42.9 Å². The molecule has 0 aliphatic heterocycles. The fraction of sp³-hybridized carbons (Fsp3) is 0.240. The highest BCUT2D eigenvalue weighted by molar-refractivity contribution is 7.19. The molecule has 0 aliphatic carbocycles. The molecule has 1 atom stereocenters. The number of hydrogen-bond acceptors (Lipinski definition) is 6. The van der Waals surface area contributed by atoms with E-state index in [0.717, 1.165) is 16.0 Å². The van der Waals surface area contributed by atoms with Crippen molar-refractivity contribution in [3.8, 4) is 0 Å². The van der Waals surface area contributed by atoms with Gasteiger partial charge in [0.1, 0.15) is 11.7 Å². The molecule has 0 saturated heterocycles. The number of carbonyl (C=O) groups is 1. The summed E-state index contributed by atoms with van der Waals surface area (Å²) in [6.45, 7) is 1.26. The third-order valence-corrected chi connectivity index (χ3v) is 6.83. The minimum atomic E-state index is -0.706. The first-order chi connectivity index (χ1) is 16.3. The molecule has 1 aromatic carbocycles. The molecule has 1 amide bonds. The summed E-state index contributed by atoms with van der Waals surface area (Å²) >= 11 is 7.27. The maximum Gasteiger partial charge on any atom is 0.257 e. The Morgan fingerprint density at radius 1 is 1.26 bits per heavy atom. The van der Waals surface area contributed by atoms with Gasteiger partial charge in [0, 0.05) is 49.0 Å². The SMILES string of the molecule is CN(Cc1cc2c(s1)c(=O)c(C(=O)NCc1ccc(Cl)cc1)cn2C)C[C@@H](O)c1ccccn1. The number of nitrogens with zero attached hydrogens (tertiary/aromatic N) is 3. The number of likely N-dealkylation sites (N-methyl/N-ethyl adjacent to an activating group) is 1. The smallest absolute Gasteiger partial charge is 0.257 e. The van der Waals surface area contributed by atoms with Crippen molar-refractivity contribution in [3.63, 3.8) is 0 Å². The van der Waals surface area contributed by atoms with Crippen LogP contribution in [0.25, 0.3) is 10.2 Å². The molecular formula is C25H25ClN4O3S. The van der Waals surface area contributed by atoms with E-state index in [9.17, 15) is 14.7 Å². The number of benzene rings is 1. The molecule has 0 bridgehead atoms. The summed E-state index contributed by atoms with van der Waals surface area (Å²) in [4.78, 5) is 33.0. The Kier molecular flexibility index (Phi) is 7.43. The Balaban J connectivity index is 1.48. The molecule has 9 heteroatoms. The molecule has 0 fully saturated rings. The Morgan fingerprint density at radius 3 is 2.74 bits per heavy atom. The van der Waals surface area contributed by atoms with Crippen molar-refractivity contribution in [3.05, 3.63) is 97.9 Å². The normalized spacial score (nSPS) is 12.3. The summed E-state index contributed by atoms with van der Waals surface area (Å²) in [6, 6.07) is 14.6. The van der Waals surface area contributed by atoms with Crippen LogP contribution in [-0.4, -0.2) is 39.1 Å². The second-order valence-electron chi connectivity index (χ2n) is 8.19. The van der Waals surface area contributed by atoms with Gasteiger partial charge in [0.15, 0.2) is 0 Å². The highest BCUT2D eigenvalue weighted by Crippen LogP contribution is 2.25. The number of amides is 1. The maximum atomic E-state index is 13.1. The van der Waals surface area contributed by atoms with E-state index in [0.29, 0.717) is 35.1 Å². The van der Waals surface area contributed by atoms with Crippen LogP contribution in [0.1, 0.15) is 32.6 Å². The van der Waals surface area contributed by atoms with Gasteiger partial charge in [0.25, 0.3) is 5.91 Å². The van der Waals surface area contributed by atoms with Crippen molar-refractivity contribution < 1.29 is 9.90 Å². The molecule has 7 nitrogen and oxygen atoms in total. The van der Waals surface area contributed by atoms with Crippen LogP contribution in [0.2, 0.25) is 5.02 Å². The van der Waals surface area contributed by atoms with Crippen LogP contribution in [0.3, 0.4) is 0 Å². The molecule has 4 aromatic rings. The highest BCUT2D eigenvalue weighted by Gasteiger charge is 2.18. The Morgan fingerprint density at radius 2 is 2.03 bits per heavy atom. The predicted octanol–water partition coefficient (Wildman–Crippen LogP) is 3.74. The summed E-state index contributed by atoms with van der Waals surface area (Å²) in [5.74, 6) is -0.414. The van der Waals surface area contributed by atoms with Gasteiger partial charge in [-0.25, -0.2) is 0 Å². The number of carbonyl (C=O) groups excluding carboxylic acids is 1. The van der Waals surface area contributed by atoms with Gasteiger partial charge in [0.05, 0.1) is 15.9 Å². The second kappa shape index (κ2) is 10.5. The molecule has 176 valence electrons. The van der Waals surface area contributed by atoms with Gasteiger partial charge >= 0.3 is 0 Å². The van der Waals surface area contributed by atoms with Crippen molar-refractivity contribution in [2.75, 3.05) is 13.6 Å². The molecule has 0 radical (unpaired) electrons. The number of aliphatic hydroxyl groups is 1. The van der Waals surface area contributed by atoms with Gasteiger partial charge in [-0.15, -0.1) is 11.3 Å². The molecule has 3 heterocycles. The average Bonchev–Trinajstić information content (AvgIpc) is 3.26. The van der Waals surface area contributed by atoms with Gasteiger partial charge in [0.2, 0.25) is 5.43 Å². The summed E-state index contributed by atoms with van der Waals surface area (Å²) in [6.07, 6.45) is 2.53. The summed E-state index contributed by atoms with van der Waals surface area (Å²) in [5.41, 5.74) is 2.11. The number of hydrogen-bond donors (Lipinski definition) is 2. The Labute approximate surface area is 206 Å². The summed E-state index contributed by atoms with van der Waals surface area (Å²) in [7, 11) is 3.73.